The SMILES string of the molecule is Cc1ccccc1-c1cc2n(n1)CCC(=O)N2CC(=O)NCCC(C)C. The van der Waals surface area contributed by atoms with Gasteiger partial charge in [-0.25, -0.2) is 4.68 Å². The molecule has 1 N–H and O–H groups in total. The molecule has 6 nitrogen and oxygen atoms in total. The summed E-state index contributed by atoms with van der Waals surface area (Å²) in [4.78, 5) is 26.2. The Bertz CT molecular complexity index is 810. The van der Waals surface area contributed by atoms with Crippen molar-refractivity contribution in [1.82, 2.24) is 15.1 Å². The first-order valence-electron chi connectivity index (χ1n) is 9.16. The van der Waals surface area contributed by atoms with Crippen molar-refractivity contribution in [2.75, 3.05) is 18.0 Å². The minimum Gasteiger partial charge on any atom is -0.355 e. The van der Waals surface area contributed by atoms with Gasteiger partial charge in [0.2, 0.25) is 11.8 Å². The van der Waals surface area contributed by atoms with Crippen LogP contribution >= 0.6 is 0 Å². The monoisotopic (exact) mass is 354 g/mol. The molecule has 3 rings (SSSR count). The number of hydrogen-bond acceptors (Lipinski definition) is 3. The Morgan fingerprint density at radius 1 is 1.31 bits per heavy atom. The Labute approximate surface area is 154 Å². The lowest BCUT2D eigenvalue weighted by atomic mass is 10.1. The highest BCUT2D eigenvalue weighted by atomic mass is 16.2. The van der Waals surface area contributed by atoms with Gasteiger partial charge in [-0.2, -0.15) is 5.10 Å². The molecule has 6 heteroatoms. The van der Waals surface area contributed by atoms with E-state index < -0.39 is 0 Å². The van der Waals surface area contributed by atoms with E-state index in [0.717, 1.165) is 23.2 Å². The molecule has 0 fully saturated rings. The molecule has 2 heterocycles. The molecule has 1 aromatic carbocycles. The largest absolute Gasteiger partial charge is 0.355 e. The summed E-state index contributed by atoms with van der Waals surface area (Å²) >= 11 is 0. The standard InChI is InChI=1S/C20H26N4O2/c1-14(2)8-10-21-18(25)13-23-19-12-17(16-7-5-4-6-15(16)3)22-24(19)11-9-20(23)26/h4-7,12,14H,8-11,13H2,1-3H3,(H,21,25). The number of carbonyl (C=O) groups is 2. The average Bonchev–Trinajstić information content (AvgIpc) is 3.02. The van der Waals surface area contributed by atoms with Crippen LogP contribution in [0.15, 0.2) is 30.3 Å². The highest BCUT2D eigenvalue weighted by Gasteiger charge is 2.28. The van der Waals surface area contributed by atoms with Crippen LogP contribution in [0.25, 0.3) is 11.3 Å². The Hall–Kier alpha value is -2.63. The minimum absolute atomic E-state index is 0.0345. The van der Waals surface area contributed by atoms with Crippen molar-refractivity contribution in [3.8, 4) is 11.3 Å². The van der Waals surface area contributed by atoms with Crippen molar-refractivity contribution >= 4 is 17.6 Å². The number of carbonyl (C=O) groups excluding carboxylic acids is 2. The van der Waals surface area contributed by atoms with Crippen molar-refractivity contribution in [3.05, 3.63) is 35.9 Å². The number of rotatable bonds is 6. The number of amides is 2. The summed E-state index contributed by atoms with van der Waals surface area (Å²) in [6.07, 6.45) is 1.29. The first-order chi connectivity index (χ1) is 12.5. The van der Waals surface area contributed by atoms with Crippen molar-refractivity contribution < 1.29 is 9.59 Å². The summed E-state index contributed by atoms with van der Waals surface area (Å²) in [7, 11) is 0. The van der Waals surface area contributed by atoms with Gasteiger partial charge in [-0.15, -0.1) is 0 Å². The predicted molar refractivity (Wildman–Crippen MR) is 102 cm³/mol. The summed E-state index contributed by atoms with van der Waals surface area (Å²) in [6, 6.07) is 9.94. The van der Waals surface area contributed by atoms with Gasteiger partial charge in [0.15, 0.2) is 0 Å². The van der Waals surface area contributed by atoms with Crippen LogP contribution in [0.1, 0.15) is 32.3 Å². The van der Waals surface area contributed by atoms with Crippen molar-refractivity contribution in [2.45, 2.75) is 40.2 Å². The van der Waals surface area contributed by atoms with Gasteiger partial charge >= 0.3 is 0 Å². The van der Waals surface area contributed by atoms with Crippen LogP contribution in [0, 0.1) is 12.8 Å². The Morgan fingerprint density at radius 2 is 2.08 bits per heavy atom. The van der Waals surface area contributed by atoms with E-state index in [9.17, 15) is 9.59 Å². The van der Waals surface area contributed by atoms with Crippen molar-refractivity contribution in [1.29, 1.82) is 0 Å². The van der Waals surface area contributed by atoms with Crippen LogP contribution in [0.5, 0.6) is 0 Å². The number of nitrogens with one attached hydrogen (secondary N) is 1. The lowest BCUT2D eigenvalue weighted by Crippen LogP contribution is -2.44. The fourth-order valence-electron chi connectivity index (χ4n) is 3.11. The summed E-state index contributed by atoms with van der Waals surface area (Å²) in [6.45, 7) is 7.49. The Kier molecular flexibility index (Phi) is 5.40. The predicted octanol–water partition coefficient (Wildman–Crippen LogP) is 2.76. The summed E-state index contributed by atoms with van der Waals surface area (Å²) in [5.41, 5.74) is 3.01. The maximum atomic E-state index is 12.4. The second-order valence-electron chi connectivity index (χ2n) is 7.19. The molecule has 0 radical (unpaired) electrons. The number of aromatic nitrogens is 2. The summed E-state index contributed by atoms with van der Waals surface area (Å²) < 4.78 is 1.82. The number of anilines is 1. The smallest absolute Gasteiger partial charge is 0.240 e. The molecule has 138 valence electrons. The third-order valence-corrected chi connectivity index (χ3v) is 4.64. The van der Waals surface area contributed by atoms with Crippen LogP contribution in [0.3, 0.4) is 0 Å². The zero-order valence-electron chi connectivity index (χ0n) is 15.7. The number of hydrogen-bond donors (Lipinski definition) is 1. The number of benzene rings is 1. The van der Waals surface area contributed by atoms with E-state index >= 15 is 0 Å². The van der Waals surface area contributed by atoms with Crippen LogP contribution in [0.4, 0.5) is 5.82 Å². The van der Waals surface area contributed by atoms with Gasteiger partial charge in [-0.1, -0.05) is 38.1 Å². The Balaban J connectivity index is 1.78. The Morgan fingerprint density at radius 3 is 2.81 bits per heavy atom. The normalized spacial score (nSPS) is 13.8. The van der Waals surface area contributed by atoms with Crippen LogP contribution in [-0.2, 0) is 16.1 Å². The second-order valence-corrected chi connectivity index (χ2v) is 7.19. The van der Waals surface area contributed by atoms with Crippen LogP contribution in [-0.4, -0.2) is 34.7 Å². The van der Waals surface area contributed by atoms with Gasteiger partial charge < -0.3 is 5.32 Å². The van der Waals surface area contributed by atoms with Gasteiger partial charge in [0.25, 0.3) is 0 Å². The quantitative estimate of drug-likeness (QED) is 0.867. The fraction of sp³-hybridized carbons (Fsp3) is 0.450. The first-order valence-corrected chi connectivity index (χ1v) is 9.16. The van der Waals surface area contributed by atoms with Crippen molar-refractivity contribution in [2.24, 2.45) is 5.92 Å². The van der Waals surface area contributed by atoms with Crippen LogP contribution in [0.2, 0.25) is 0 Å². The molecule has 0 atom stereocenters. The molecule has 0 bridgehead atoms. The molecular weight excluding hydrogens is 328 g/mol. The van der Waals surface area contributed by atoms with E-state index in [4.69, 9.17) is 0 Å². The van der Waals surface area contributed by atoms with Gasteiger partial charge in [0, 0.05) is 24.6 Å². The maximum Gasteiger partial charge on any atom is 0.240 e. The third kappa shape index (κ3) is 3.95. The second kappa shape index (κ2) is 7.72. The highest BCUT2D eigenvalue weighted by Crippen LogP contribution is 2.29. The molecule has 1 aromatic heterocycles. The number of aryl methyl sites for hydroxylation is 2. The molecule has 0 spiro atoms. The van der Waals surface area contributed by atoms with E-state index in [1.54, 1.807) is 4.90 Å². The first kappa shape index (κ1) is 18.2. The topological polar surface area (TPSA) is 67.2 Å². The molecule has 0 aliphatic carbocycles. The average molecular weight is 354 g/mol. The highest BCUT2D eigenvalue weighted by molar-refractivity contribution is 5.99. The van der Waals surface area contributed by atoms with Gasteiger partial charge in [0.05, 0.1) is 12.2 Å². The van der Waals surface area contributed by atoms with Gasteiger partial charge in [0.1, 0.15) is 12.4 Å². The molecule has 1 aliphatic heterocycles. The van der Waals surface area contributed by atoms with E-state index in [2.05, 4.69) is 24.3 Å². The van der Waals surface area contributed by atoms with E-state index in [1.807, 2.05) is 41.9 Å². The zero-order chi connectivity index (χ0) is 18.7. The number of fused-ring (bicyclic) bond motifs is 1. The minimum atomic E-state index is -0.133. The molecule has 26 heavy (non-hydrogen) atoms. The maximum absolute atomic E-state index is 12.4. The van der Waals surface area contributed by atoms with E-state index in [-0.39, 0.29) is 18.4 Å². The third-order valence-electron chi connectivity index (χ3n) is 4.64. The molecule has 1 aliphatic rings. The molecule has 2 amide bonds. The van der Waals surface area contributed by atoms with E-state index in [1.165, 1.54) is 0 Å². The lowest BCUT2D eigenvalue weighted by molar-refractivity contribution is -0.124. The zero-order valence-corrected chi connectivity index (χ0v) is 15.7. The fourth-order valence-corrected chi connectivity index (χ4v) is 3.11. The van der Waals surface area contributed by atoms with Crippen LogP contribution < -0.4 is 10.2 Å². The van der Waals surface area contributed by atoms with E-state index in [0.29, 0.717) is 31.2 Å². The van der Waals surface area contributed by atoms with Gasteiger partial charge in [-0.05, 0) is 24.8 Å². The van der Waals surface area contributed by atoms with Crippen molar-refractivity contribution in [3.63, 3.8) is 0 Å². The number of nitrogens with zero attached hydrogens (tertiary/aromatic N) is 3. The summed E-state index contributed by atoms with van der Waals surface area (Å²) in [5.74, 6) is 1.06. The molecule has 0 saturated heterocycles. The molecule has 0 saturated carbocycles. The van der Waals surface area contributed by atoms with Gasteiger partial charge in [-0.3, -0.25) is 14.5 Å². The molecule has 0 unspecified atom stereocenters. The molecular formula is C20H26N4O2. The molecule has 2 aromatic rings. The lowest BCUT2D eigenvalue weighted by Gasteiger charge is -2.26. The summed E-state index contributed by atoms with van der Waals surface area (Å²) in [5, 5.41) is 7.55.